The van der Waals surface area contributed by atoms with E-state index in [1.807, 2.05) is 7.05 Å². The molecule has 1 spiro atoms. The van der Waals surface area contributed by atoms with Gasteiger partial charge in [-0.05, 0) is 39.5 Å². The first kappa shape index (κ1) is 20.2. The van der Waals surface area contributed by atoms with Crippen LogP contribution in [0.5, 0.6) is 0 Å². The Hall–Kier alpha value is -0.0800. The molecular weight excluding hydrogens is 417 g/mol. The lowest BCUT2D eigenvalue weighted by Crippen LogP contribution is -2.68. The third kappa shape index (κ3) is 3.85. The number of guanidine groups is 1. The fourth-order valence-electron chi connectivity index (χ4n) is 4.54. The van der Waals surface area contributed by atoms with E-state index in [1.165, 1.54) is 25.7 Å². The number of halogens is 1. The number of hydrogen-bond acceptors (Lipinski definition) is 3. The fourth-order valence-corrected chi connectivity index (χ4v) is 4.54. The van der Waals surface area contributed by atoms with Gasteiger partial charge in [-0.1, -0.05) is 6.42 Å². The van der Waals surface area contributed by atoms with Crippen LogP contribution in [0.3, 0.4) is 0 Å². The van der Waals surface area contributed by atoms with Crippen LogP contribution in [0.15, 0.2) is 4.99 Å². The summed E-state index contributed by atoms with van der Waals surface area (Å²) in [7, 11) is 1.91. The van der Waals surface area contributed by atoms with Gasteiger partial charge in [-0.15, -0.1) is 24.0 Å². The molecule has 3 unspecified atom stereocenters. The second-order valence-electron chi connectivity index (χ2n) is 7.27. The molecule has 1 saturated heterocycles. The molecule has 24 heavy (non-hydrogen) atoms. The van der Waals surface area contributed by atoms with Gasteiger partial charge in [0.15, 0.2) is 5.96 Å². The van der Waals surface area contributed by atoms with Crippen molar-refractivity contribution in [1.29, 1.82) is 0 Å². The van der Waals surface area contributed by atoms with Crippen molar-refractivity contribution in [3.63, 3.8) is 0 Å². The van der Waals surface area contributed by atoms with E-state index < -0.39 is 0 Å². The zero-order valence-electron chi connectivity index (χ0n) is 15.4. The van der Waals surface area contributed by atoms with Crippen molar-refractivity contribution in [2.75, 3.05) is 40.0 Å². The summed E-state index contributed by atoms with van der Waals surface area (Å²) < 4.78 is 11.5. The lowest BCUT2D eigenvalue weighted by atomic mass is 9.51. The minimum absolute atomic E-state index is 0. The fraction of sp³-hybridized carbons (Fsp3) is 0.944. The van der Waals surface area contributed by atoms with Gasteiger partial charge in [0.25, 0.3) is 0 Å². The lowest BCUT2D eigenvalue weighted by Gasteiger charge is -2.61. The molecule has 3 fully saturated rings. The SMILES string of the molecule is CCOCC1CCN(C(=NC)NC2CC(OCC)C23CCC3)C1.I. The van der Waals surface area contributed by atoms with Gasteiger partial charge in [0.2, 0.25) is 0 Å². The van der Waals surface area contributed by atoms with Gasteiger partial charge in [-0.25, -0.2) is 0 Å². The Kier molecular flexibility index (Phi) is 7.61. The zero-order valence-corrected chi connectivity index (χ0v) is 17.8. The molecule has 0 aromatic rings. The molecule has 1 N–H and O–H groups in total. The van der Waals surface area contributed by atoms with E-state index in [0.717, 1.165) is 45.3 Å². The summed E-state index contributed by atoms with van der Waals surface area (Å²) >= 11 is 0. The normalized spacial score (nSPS) is 31.4. The number of likely N-dealkylation sites (tertiary alicyclic amines) is 1. The summed E-state index contributed by atoms with van der Waals surface area (Å²) in [6.07, 6.45) is 6.75. The largest absolute Gasteiger partial charge is 0.381 e. The average molecular weight is 451 g/mol. The third-order valence-electron chi connectivity index (χ3n) is 6.10. The smallest absolute Gasteiger partial charge is 0.193 e. The Morgan fingerprint density at radius 3 is 2.67 bits per heavy atom. The predicted molar refractivity (Wildman–Crippen MR) is 108 cm³/mol. The van der Waals surface area contributed by atoms with E-state index in [9.17, 15) is 0 Å². The Labute approximate surface area is 164 Å². The van der Waals surface area contributed by atoms with Crippen LogP contribution in [0.25, 0.3) is 0 Å². The highest BCUT2D eigenvalue weighted by Gasteiger charge is 2.59. The molecule has 1 heterocycles. The van der Waals surface area contributed by atoms with E-state index in [4.69, 9.17) is 9.47 Å². The maximum Gasteiger partial charge on any atom is 0.193 e. The van der Waals surface area contributed by atoms with Crippen molar-refractivity contribution in [3.05, 3.63) is 0 Å². The summed E-state index contributed by atoms with van der Waals surface area (Å²) in [5.74, 6) is 1.72. The summed E-state index contributed by atoms with van der Waals surface area (Å²) in [6.45, 7) is 8.85. The molecule has 3 atom stereocenters. The van der Waals surface area contributed by atoms with Crippen molar-refractivity contribution < 1.29 is 9.47 Å². The summed E-state index contributed by atoms with van der Waals surface area (Å²) in [4.78, 5) is 6.96. The number of nitrogens with zero attached hydrogens (tertiary/aromatic N) is 2. The van der Waals surface area contributed by atoms with Crippen LogP contribution >= 0.6 is 24.0 Å². The Bertz CT molecular complexity index is 428. The first-order valence-electron chi connectivity index (χ1n) is 9.41. The number of hydrogen-bond donors (Lipinski definition) is 1. The highest BCUT2D eigenvalue weighted by Crippen LogP contribution is 2.57. The quantitative estimate of drug-likeness (QED) is 0.383. The van der Waals surface area contributed by atoms with Gasteiger partial charge in [0, 0.05) is 50.7 Å². The monoisotopic (exact) mass is 451 g/mol. The molecule has 6 heteroatoms. The van der Waals surface area contributed by atoms with Crippen LogP contribution in [-0.2, 0) is 9.47 Å². The summed E-state index contributed by atoms with van der Waals surface area (Å²) in [6, 6.07) is 0.539. The van der Waals surface area contributed by atoms with Crippen LogP contribution < -0.4 is 5.32 Å². The van der Waals surface area contributed by atoms with Gasteiger partial charge in [-0.2, -0.15) is 0 Å². The van der Waals surface area contributed by atoms with Crippen LogP contribution in [0.2, 0.25) is 0 Å². The molecule has 1 aliphatic heterocycles. The van der Waals surface area contributed by atoms with E-state index >= 15 is 0 Å². The maximum atomic E-state index is 5.96. The number of aliphatic imine (C=N–C) groups is 1. The van der Waals surface area contributed by atoms with E-state index in [1.54, 1.807) is 0 Å². The van der Waals surface area contributed by atoms with Crippen LogP contribution in [0.1, 0.15) is 46.0 Å². The maximum absolute atomic E-state index is 5.96. The summed E-state index contributed by atoms with van der Waals surface area (Å²) in [5.41, 5.74) is 0.385. The molecule has 0 radical (unpaired) electrons. The first-order valence-corrected chi connectivity index (χ1v) is 9.41. The molecule has 140 valence electrons. The van der Waals surface area contributed by atoms with Crippen LogP contribution in [-0.4, -0.2) is 63.0 Å². The zero-order chi connectivity index (χ0) is 16.3. The van der Waals surface area contributed by atoms with Gasteiger partial charge in [-0.3, -0.25) is 4.99 Å². The van der Waals surface area contributed by atoms with Gasteiger partial charge in [0.1, 0.15) is 0 Å². The van der Waals surface area contributed by atoms with Gasteiger partial charge in [0.05, 0.1) is 12.7 Å². The second-order valence-corrected chi connectivity index (χ2v) is 7.27. The molecular formula is C18H34IN3O2. The Morgan fingerprint density at radius 2 is 2.08 bits per heavy atom. The lowest BCUT2D eigenvalue weighted by molar-refractivity contribution is -0.168. The van der Waals surface area contributed by atoms with E-state index in [-0.39, 0.29) is 24.0 Å². The van der Waals surface area contributed by atoms with E-state index in [2.05, 4.69) is 29.1 Å². The summed E-state index contributed by atoms with van der Waals surface area (Å²) in [5, 5.41) is 3.76. The molecule has 0 aromatic carbocycles. The van der Waals surface area contributed by atoms with Crippen molar-refractivity contribution in [2.24, 2.45) is 16.3 Å². The molecule has 3 rings (SSSR count). The van der Waals surface area contributed by atoms with Crippen molar-refractivity contribution >= 4 is 29.9 Å². The third-order valence-corrected chi connectivity index (χ3v) is 6.10. The molecule has 3 aliphatic rings. The standard InChI is InChI=1S/C18H33N3O2.HI/c1-4-22-13-14-7-10-21(12-14)17(19-3)20-15-11-16(23-5-2)18(15)8-6-9-18;/h14-16H,4-13H2,1-3H3,(H,19,20);1H. The minimum atomic E-state index is 0. The molecule has 0 amide bonds. The van der Waals surface area contributed by atoms with Crippen molar-refractivity contribution in [1.82, 2.24) is 10.2 Å². The molecule has 0 bridgehead atoms. The number of ether oxygens (including phenoxy) is 2. The minimum Gasteiger partial charge on any atom is -0.381 e. The first-order chi connectivity index (χ1) is 11.2. The second kappa shape index (κ2) is 9.03. The van der Waals surface area contributed by atoms with E-state index in [0.29, 0.717) is 23.5 Å². The topological polar surface area (TPSA) is 46.1 Å². The highest BCUT2D eigenvalue weighted by atomic mass is 127. The molecule has 2 aliphatic carbocycles. The number of rotatable bonds is 6. The Morgan fingerprint density at radius 1 is 1.29 bits per heavy atom. The molecule has 2 saturated carbocycles. The molecule has 0 aromatic heterocycles. The Balaban J connectivity index is 0.00000208. The van der Waals surface area contributed by atoms with Gasteiger partial charge < -0.3 is 19.7 Å². The predicted octanol–water partition coefficient (Wildman–Crippen LogP) is 2.89. The van der Waals surface area contributed by atoms with Gasteiger partial charge >= 0.3 is 0 Å². The van der Waals surface area contributed by atoms with Crippen molar-refractivity contribution in [3.8, 4) is 0 Å². The number of nitrogens with one attached hydrogen (secondary N) is 1. The molecule has 5 nitrogen and oxygen atoms in total. The van der Waals surface area contributed by atoms with Crippen LogP contribution in [0, 0.1) is 11.3 Å². The van der Waals surface area contributed by atoms with Crippen LogP contribution in [0.4, 0.5) is 0 Å². The highest BCUT2D eigenvalue weighted by molar-refractivity contribution is 14.0. The van der Waals surface area contributed by atoms with Crippen molar-refractivity contribution in [2.45, 2.75) is 58.1 Å². The average Bonchev–Trinajstić information content (AvgIpc) is 2.95.